The Morgan fingerprint density at radius 1 is 1.38 bits per heavy atom. The second-order valence-electron chi connectivity index (χ2n) is 5.58. The van der Waals surface area contributed by atoms with Crippen molar-refractivity contribution < 1.29 is 18.3 Å². The lowest BCUT2D eigenvalue weighted by atomic mass is 9.99. The number of sulfonamides is 1. The number of rotatable bonds is 5. The fourth-order valence-electron chi connectivity index (χ4n) is 2.73. The molecule has 4 N–H and O–H groups in total. The van der Waals surface area contributed by atoms with Crippen LogP contribution < -0.4 is 16.6 Å². The molecule has 2 rings (SSSR count). The molecule has 1 atom stereocenters. The smallest absolute Gasteiger partial charge is 0.325 e. The maximum Gasteiger partial charge on any atom is 0.325 e. The highest BCUT2D eigenvalue weighted by atomic mass is 32.2. The van der Waals surface area contributed by atoms with Crippen LogP contribution in [0.5, 0.6) is 0 Å². The minimum Gasteiger partial charge on any atom is -0.395 e. The molecule has 0 aromatic carbocycles. The Kier molecular flexibility index (Phi) is 5.57. The maximum atomic E-state index is 12.7. The summed E-state index contributed by atoms with van der Waals surface area (Å²) in [6.07, 6.45) is 0.987. The largest absolute Gasteiger partial charge is 0.395 e. The average molecular weight is 360 g/mol. The molecule has 0 spiro atoms. The van der Waals surface area contributed by atoms with Gasteiger partial charge in [-0.2, -0.15) is 4.31 Å². The van der Waals surface area contributed by atoms with Gasteiger partial charge in [-0.1, -0.05) is 0 Å². The highest BCUT2D eigenvalue weighted by Gasteiger charge is 2.35. The molecule has 1 saturated heterocycles. The minimum atomic E-state index is -4.14. The van der Waals surface area contributed by atoms with Crippen LogP contribution in [0, 0.1) is 12.8 Å². The van der Waals surface area contributed by atoms with Crippen molar-refractivity contribution in [2.24, 2.45) is 5.92 Å². The highest BCUT2D eigenvalue weighted by Crippen LogP contribution is 2.23. The van der Waals surface area contributed by atoms with Gasteiger partial charge in [0, 0.05) is 25.3 Å². The molecule has 0 bridgehead atoms. The molecule has 10 nitrogen and oxygen atoms in total. The standard InChI is InChI=1S/C13H20N4O6S/c1-8-10(12(20)16-13(21)15-8)24(22,23)17-5-2-3-9(7-17)11(19)14-4-6-18/h9,18H,2-7H2,1H3,(H,14,19)(H2,15,16,20,21)/t9-/m1/s1. The third-order valence-corrected chi connectivity index (χ3v) is 5.86. The number of nitrogens with one attached hydrogen (secondary N) is 3. The number of aromatic nitrogens is 2. The van der Waals surface area contributed by atoms with Crippen LogP contribution in [-0.2, 0) is 14.8 Å². The molecule has 0 aliphatic carbocycles. The van der Waals surface area contributed by atoms with E-state index in [1.165, 1.54) is 6.92 Å². The number of aliphatic hydroxyl groups is 1. The van der Waals surface area contributed by atoms with Crippen molar-refractivity contribution in [3.63, 3.8) is 0 Å². The van der Waals surface area contributed by atoms with Gasteiger partial charge in [0.1, 0.15) is 0 Å². The zero-order valence-electron chi connectivity index (χ0n) is 13.2. The first-order valence-corrected chi connectivity index (χ1v) is 8.93. The first kappa shape index (κ1) is 18.4. The second kappa shape index (κ2) is 7.28. The van der Waals surface area contributed by atoms with E-state index in [2.05, 4.69) is 10.3 Å². The molecule has 1 amide bonds. The van der Waals surface area contributed by atoms with E-state index in [4.69, 9.17) is 5.11 Å². The topological polar surface area (TPSA) is 152 Å². The SMILES string of the molecule is Cc1[nH]c(=O)[nH]c(=O)c1S(=O)(=O)N1CCC[C@@H](C(=O)NCCO)C1. The number of nitrogens with zero attached hydrogens (tertiary/aromatic N) is 1. The zero-order chi connectivity index (χ0) is 17.9. The monoisotopic (exact) mass is 360 g/mol. The van der Waals surface area contributed by atoms with Crippen LogP contribution in [0.25, 0.3) is 0 Å². The van der Waals surface area contributed by atoms with Crippen LogP contribution in [0.4, 0.5) is 0 Å². The number of H-pyrrole nitrogens is 2. The molecule has 2 heterocycles. The van der Waals surface area contributed by atoms with Gasteiger partial charge in [0.25, 0.3) is 5.56 Å². The molecule has 0 unspecified atom stereocenters. The zero-order valence-corrected chi connectivity index (χ0v) is 14.0. The van der Waals surface area contributed by atoms with Crippen molar-refractivity contribution in [2.75, 3.05) is 26.2 Å². The molecule has 11 heteroatoms. The molecule has 1 aromatic rings. The summed E-state index contributed by atoms with van der Waals surface area (Å²) in [7, 11) is -4.14. The number of carbonyl (C=O) groups is 1. The van der Waals surface area contributed by atoms with Gasteiger partial charge >= 0.3 is 5.69 Å². The quantitative estimate of drug-likeness (QED) is 0.471. The number of hydrogen-bond acceptors (Lipinski definition) is 6. The summed E-state index contributed by atoms with van der Waals surface area (Å²) in [5.74, 6) is -0.890. The molecule has 134 valence electrons. The number of piperidine rings is 1. The minimum absolute atomic E-state index is 0.0457. The van der Waals surface area contributed by atoms with E-state index in [1.54, 1.807) is 0 Å². The molecule has 1 aromatic heterocycles. The molecule has 1 aliphatic rings. The van der Waals surface area contributed by atoms with Crippen LogP contribution in [0.2, 0.25) is 0 Å². The Balaban J connectivity index is 2.28. The lowest BCUT2D eigenvalue weighted by Gasteiger charge is -2.31. The van der Waals surface area contributed by atoms with E-state index in [-0.39, 0.29) is 37.8 Å². The van der Waals surface area contributed by atoms with E-state index in [0.29, 0.717) is 12.8 Å². The third-order valence-electron chi connectivity index (χ3n) is 3.84. The summed E-state index contributed by atoms with van der Waals surface area (Å²) in [5, 5.41) is 11.3. The number of aromatic amines is 2. The van der Waals surface area contributed by atoms with Crippen LogP contribution in [0.15, 0.2) is 14.5 Å². The van der Waals surface area contributed by atoms with Gasteiger partial charge in [-0.15, -0.1) is 0 Å². The fraction of sp³-hybridized carbons (Fsp3) is 0.615. The fourth-order valence-corrected chi connectivity index (χ4v) is 4.45. The summed E-state index contributed by atoms with van der Waals surface area (Å²) >= 11 is 0. The third kappa shape index (κ3) is 3.74. The van der Waals surface area contributed by atoms with Crippen molar-refractivity contribution in [3.8, 4) is 0 Å². The van der Waals surface area contributed by atoms with Crippen LogP contribution in [0.1, 0.15) is 18.5 Å². The van der Waals surface area contributed by atoms with E-state index in [0.717, 1.165) is 4.31 Å². The predicted molar refractivity (Wildman–Crippen MR) is 84.0 cm³/mol. The summed E-state index contributed by atoms with van der Waals surface area (Å²) in [6, 6.07) is 0. The first-order chi connectivity index (χ1) is 11.3. The number of aryl methyl sites for hydroxylation is 1. The molecule has 24 heavy (non-hydrogen) atoms. The van der Waals surface area contributed by atoms with Gasteiger partial charge in [-0.05, 0) is 19.8 Å². The molecule has 1 fully saturated rings. The number of hydrogen-bond donors (Lipinski definition) is 4. The van der Waals surface area contributed by atoms with Gasteiger partial charge in [-0.25, -0.2) is 13.2 Å². The van der Waals surface area contributed by atoms with Crippen molar-refractivity contribution in [3.05, 3.63) is 26.5 Å². The Bertz CT molecular complexity index is 828. The molecule has 0 radical (unpaired) electrons. The lowest BCUT2D eigenvalue weighted by Crippen LogP contribution is -2.47. The van der Waals surface area contributed by atoms with Crippen LogP contribution in [0.3, 0.4) is 0 Å². The Morgan fingerprint density at radius 3 is 2.71 bits per heavy atom. The lowest BCUT2D eigenvalue weighted by molar-refractivity contribution is -0.126. The van der Waals surface area contributed by atoms with E-state index >= 15 is 0 Å². The van der Waals surface area contributed by atoms with Crippen molar-refractivity contribution in [2.45, 2.75) is 24.7 Å². The van der Waals surface area contributed by atoms with Gasteiger partial charge in [0.2, 0.25) is 15.9 Å². The average Bonchev–Trinajstić information content (AvgIpc) is 2.51. The number of aliphatic hydroxyl groups excluding tert-OH is 1. The summed E-state index contributed by atoms with van der Waals surface area (Å²) in [6.45, 7) is 1.35. The molecule has 1 aliphatic heterocycles. The number of carbonyl (C=O) groups excluding carboxylic acids is 1. The van der Waals surface area contributed by atoms with Gasteiger partial charge in [0.05, 0.1) is 12.5 Å². The van der Waals surface area contributed by atoms with Gasteiger partial charge < -0.3 is 15.4 Å². The summed E-state index contributed by atoms with van der Waals surface area (Å²) < 4.78 is 26.5. The number of amides is 1. The molecular weight excluding hydrogens is 340 g/mol. The normalized spacial score (nSPS) is 19.2. The van der Waals surface area contributed by atoms with Crippen molar-refractivity contribution in [1.29, 1.82) is 0 Å². The first-order valence-electron chi connectivity index (χ1n) is 7.49. The van der Waals surface area contributed by atoms with E-state index in [9.17, 15) is 22.8 Å². The van der Waals surface area contributed by atoms with Crippen LogP contribution in [-0.4, -0.2) is 59.9 Å². The Morgan fingerprint density at radius 2 is 2.08 bits per heavy atom. The molecule has 0 saturated carbocycles. The second-order valence-corrected chi connectivity index (χ2v) is 7.45. The maximum absolute atomic E-state index is 12.7. The van der Waals surface area contributed by atoms with Crippen molar-refractivity contribution in [1.82, 2.24) is 19.6 Å². The van der Waals surface area contributed by atoms with E-state index < -0.39 is 32.1 Å². The van der Waals surface area contributed by atoms with E-state index in [1.807, 2.05) is 4.98 Å². The highest BCUT2D eigenvalue weighted by molar-refractivity contribution is 7.89. The Hall–Kier alpha value is -1.98. The summed E-state index contributed by atoms with van der Waals surface area (Å²) in [5.41, 5.74) is -1.81. The Labute approximate surface area is 137 Å². The van der Waals surface area contributed by atoms with Gasteiger partial charge in [-0.3, -0.25) is 14.6 Å². The van der Waals surface area contributed by atoms with Gasteiger partial charge in [0.15, 0.2) is 4.90 Å². The predicted octanol–water partition coefficient (Wildman–Crippen LogP) is -2.12. The van der Waals surface area contributed by atoms with Crippen LogP contribution >= 0.6 is 0 Å². The summed E-state index contributed by atoms with van der Waals surface area (Å²) in [4.78, 5) is 38.8. The molecular formula is C13H20N4O6S. The van der Waals surface area contributed by atoms with Crippen molar-refractivity contribution >= 4 is 15.9 Å².